The van der Waals surface area contributed by atoms with Gasteiger partial charge in [0.25, 0.3) is 0 Å². The van der Waals surface area contributed by atoms with E-state index in [0.717, 1.165) is 25.9 Å². The highest BCUT2D eigenvalue weighted by atomic mass is 16.5. The standard InChI is InChI=1S/C18H28N2O2/c1-4-20(13-15-9-6-5-7-10-15)18(21)16-11-8-12-19(2)17(16)14-22-3/h5-7,9-10,16-17H,4,8,11-14H2,1-3H3/t16-,17-/m1/s1. The van der Waals surface area contributed by atoms with Gasteiger partial charge in [-0.15, -0.1) is 0 Å². The molecule has 0 saturated carbocycles. The smallest absolute Gasteiger partial charge is 0.227 e. The molecule has 0 aromatic heterocycles. The van der Waals surface area contributed by atoms with Gasteiger partial charge in [-0.1, -0.05) is 30.3 Å². The van der Waals surface area contributed by atoms with Crippen molar-refractivity contribution in [2.45, 2.75) is 32.4 Å². The van der Waals surface area contributed by atoms with Crippen molar-refractivity contribution in [3.05, 3.63) is 35.9 Å². The number of amides is 1. The second-order valence-electron chi connectivity index (χ2n) is 6.09. The summed E-state index contributed by atoms with van der Waals surface area (Å²) in [5.74, 6) is 0.308. The van der Waals surface area contributed by atoms with Gasteiger partial charge in [0.05, 0.1) is 12.5 Å². The number of ether oxygens (including phenoxy) is 1. The second-order valence-corrected chi connectivity index (χ2v) is 6.09. The predicted octanol–water partition coefficient (Wildman–Crippen LogP) is 2.39. The number of hydrogen-bond donors (Lipinski definition) is 0. The molecule has 0 radical (unpaired) electrons. The quantitative estimate of drug-likeness (QED) is 0.809. The number of hydrogen-bond acceptors (Lipinski definition) is 3. The maximum atomic E-state index is 13.0. The van der Waals surface area contributed by atoms with Crippen molar-refractivity contribution in [1.29, 1.82) is 0 Å². The van der Waals surface area contributed by atoms with E-state index in [1.807, 2.05) is 23.1 Å². The van der Waals surface area contributed by atoms with E-state index >= 15 is 0 Å². The number of likely N-dealkylation sites (N-methyl/N-ethyl adjacent to an activating group) is 1. The Balaban J connectivity index is 2.08. The third-order valence-electron chi connectivity index (χ3n) is 4.62. The Bertz CT molecular complexity index is 463. The SMILES string of the molecule is CCN(Cc1ccccc1)C(=O)[C@@H]1CCCN(C)[C@@H]1COC. The average molecular weight is 304 g/mol. The maximum absolute atomic E-state index is 13.0. The molecule has 0 spiro atoms. The molecule has 1 heterocycles. The van der Waals surface area contributed by atoms with Gasteiger partial charge < -0.3 is 14.5 Å². The third kappa shape index (κ3) is 4.08. The molecule has 1 aromatic rings. The summed E-state index contributed by atoms with van der Waals surface area (Å²) in [5.41, 5.74) is 1.19. The van der Waals surface area contributed by atoms with E-state index in [-0.39, 0.29) is 17.9 Å². The fourth-order valence-corrected chi connectivity index (χ4v) is 3.31. The zero-order valence-corrected chi connectivity index (χ0v) is 14.0. The number of rotatable bonds is 6. The molecule has 1 saturated heterocycles. The van der Waals surface area contributed by atoms with E-state index in [4.69, 9.17) is 4.74 Å². The number of methoxy groups -OCH3 is 1. The van der Waals surface area contributed by atoms with Crippen LogP contribution in [-0.4, -0.2) is 55.6 Å². The van der Waals surface area contributed by atoms with Crippen LogP contribution < -0.4 is 0 Å². The predicted molar refractivity (Wildman–Crippen MR) is 88.6 cm³/mol. The normalized spacial score (nSPS) is 22.5. The van der Waals surface area contributed by atoms with Gasteiger partial charge in [-0.25, -0.2) is 0 Å². The Hall–Kier alpha value is -1.39. The van der Waals surface area contributed by atoms with Crippen LogP contribution in [0.5, 0.6) is 0 Å². The molecule has 4 nitrogen and oxygen atoms in total. The fraction of sp³-hybridized carbons (Fsp3) is 0.611. The molecule has 1 aromatic carbocycles. The van der Waals surface area contributed by atoms with Crippen LogP contribution in [0.25, 0.3) is 0 Å². The van der Waals surface area contributed by atoms with E-state index in [9.17, 15) is 4.79 Å². The zero-order chi connectivity index (χ0) is 15.9. The average Bonchev–Trinajstić information content (AvgIpc) is 2.55. The summed E-state index contributed by atoms with van der Waals surface area (Å²) in [6, 6.07) is 10.4. The molecule has 4 heteroatoms. The topological polar surface area (TPSA) is 32.8 Å². The minimum atomic E-state index is 0.0439. The number of likely N-dealkylation sites (tertiary alicyclic amines) is 1. The molecule has 0 bridgehead atoms. The summed E-state index contributed by atoms with van der Waals surface area (Å²) >= 11 is 0. The van der Waals surface area contributed by atoms with E-state index in [1.54, 1.807) is 7.11 Å². The van der Waals surface area contributed by atoms with Crippen LogP contribution in [0.15, 0.2) is 30.3 Å². The van der Waals surface area contributed by atoms with Gasteiger partial charge in [-0.2, -0.15) is 0 Å². The minimum absolute atomic E-state index is 0.0439. The molecule has 0 aliphatic carbocycles. The van der Waals surface area contributed by atoms with Gasteiger partial charge in [-0.3, -0.25) is 4.79 Å². The van der Waals surface area contributed by atoms with E-state index in [1.165, 1.54) is 5.56 Å². The summed E-state index contributed by atoms with van der Waals surface area (Å²) < 4.78 is 5.35. The molecule has 2 rings (SSSR count). The van der Waals surface area contributed by atoms with Crippen LogP contribution in [0.4, 0.5) is 0 Å². The highest BCUT2D eigenvalue weighted by Gasteiger charge is 2.36. The van der Waals surface area contributed by atoms with Crippen LogP contribution in [0.3, 0.4) is 0 Å². The van der Waals surface area contributed by atoms with Crippen LogP contribution in [0.1, 0.15) is 25.3 Å². The first-order chi connectivity index (χ1) is 10.7. The number of piperidine rings is 1. The van der Waals surface area contributed by atoms with Crippen LogP contribution >= 0.6 is 0 Å². The van der Waals surface area contributed by atoms with Gasteiger partial charge >= 0.3 is 0 Å². The van der Waals surface area contributed by atoms with E-state index in [2.05, 4.69) is 31.0 Å². The number of carbonyl (C=O) groups is 1. The molecule has 2 atom stereocenters. The molecule has 22 heavy (non-hydrogen) atoms. The van der Waals surface area contributed by atoms with Gasteiger partial charge in [0.15, 0.2) is 0 Å². The first kappa shape index (κ1) is 17.0. The Labute approximate surface area is 134 Å². The summed E-state index contributed by atoms with van der Waals surface area (Å²) in [6.07, 6.45) is 2.04. The Morgan fingerprint density at radius 1 is 1.36 bits per heavy atom. The van der Waals surface area contributed by atoms with Crippen LogP contribution in [0.2, 0.25) is 0 Å². The fourth-order valence-electron chi connectivity index (χ4n) is 3.31. The highest BCUT2D eigenvalue weighted by molar-refractivity contribution is 5.79. The van der Waals surface area contributed by atoms with E-state index < -0.39 is 0 Å². The molecule has 122 valence electrons. The summed E-state index contributed by atoms with van der Waals surface area (Å²) in [6.45, 7) is 5.15. The molecule has 1 fully saturated rings. The molecule has 0 unspecified atom stereocenters. The Morgan fingerprint density at radius 3 is 2.73 bits per heavy atom. The van der Waals surface area contributed by atoms with Gasteiger partial charge in [-0.05, 0) is 38.9 Å². The summed E-state index contributed by atoms with van der Waals surface area (Å²) in [4.78, 5) is 17.3. The molecule has 1 amide bonds. The first-order valence-corrected chi connectivity index (χ1v) is 8.19. The van der Waals surface area contributed by atoms with Crippen molar-refractivity contribution in [3.63, 3.8) is 0 Å². The number of carbonyl (C=O) groups excluding carboxylic acids is 1. The lowest BCUT2D eigenvalue weighted by Crippen LogP contribution is -2.52. The van der Waals surface area contributed by atoms with Crippen molar-refractivity contribution in [3.8, 4) is 0 Å². The highest BCUT2D eigenvalue weighted by Crippen LogP contribution is 2.25. The lowest BCUT2D eigenvalue weighted by molar-refractivity contribution is -0.141. The van der Waals surface area contributed by atoms with Crippen molar-refractivity contribution in [2.24, 2.45) is 5.92 Å². The van der Waals surface area contributed by atoms with Crippen molar-refractivity contribution < 1.29 is 9.53 Å². The van der Waals surface area contributed by atoms with Crippen molar-refractivity contribution in [1.82, 2.24) is 9.80 Å². The van der Waals surface area contributed by atoms with Gasteiger partial charge in [0.1, 0.15) is 0 Å². The molecular formula is C18H28N2O2. The number of benzene rings is 1. The lowest BCUT2D eigenvalue weighted by Gasteiger charge is -2.40. The van der Waals surface area contributed by atoms with Crippen molar-refractivity contribution >= 4 is 5.91 Å². The minimum Gasteiger partial charge on any atom is -0.383 e. The number of nitrogens with zero attached hydrogens (tertiary/aromatic N) is 2. The first-order valence-electron chi connectivity index (χ1n) is 8.19. The monoisotopic (exact) mass is 304 g/mol. The summed E-state index contributed by atoms with van der Waals surface area (Å²) in [5, 5.41) is 0. The van der Waals surface area contributed by atoms with E-state index in [0.29, 0.717) is 13.2 Å². The molecular weight excluding hydrogens is 276 g/mol. The largest absolute Gasteiger partial charge is 0.383 e. The van der Waals surface area contributed by atoms with Crippen LogP contribution in [0, 0.1) is 5.92 Å². The summed E-state index contributed by atoms with van der Waals surface area (Å²) in [7, 11) is 3.81. The molecule has 1 aliphatic heterocycles. The lowest BCUT2D eigenvalue weighted by atomic mass is 9.88. The Kier molecular flexibility index (Phi) is 6.40. The van der Waals surface area contributed by atoms with Crippen LogP contribution in [-0.2, 0) is 16.1 Å². The molecule has 0 N–H and O–H groups in total. The zero-order valence-electron chi connectivity index (χ0n) is 14.0. The third-order valence-corrected chi connectivity index (χ3v) is 4.62. The second kappa shape index (κ2) is 8.30. The van der Waals surface area contributed by atoms with Crippen molar-refractivity contribution in [2.75, 3.05) is 33.9 Å². The van der Waals surface area contributed by atoms with Gasteiger partial charge in [0.2, 0.25) is 5.91 Å². The molecule has 1 aliphatic rings. The van der Waals surface area contributed by atoms with Gasteiger partial charge in [0, 0.05) is 26.2 Å². The maximum Gasteiger partial charge on any atom is 0.227 e. The Morgan fingerprint density at radius 2 is 2.09 bits per heavy atom.